The number of para-hydroxylation sites is 1. The molecular formula is C20H30N2O3. The molecule has 0 heterocycles. The van der Waals surface area contributed by atoms with Crippen molar-refractivity contribution in [1.29, 1.82) is 0 Å². The number of nitrogens with one attached hydrogen (secondary N) is 1. The van der Waals surface area contributed by atoms with E-state index in [4.69, 9.17) is 4.74 Å². The zero-order chi connectivity index (χ0) is 17.6. The quantitative estimate of drug-likeness (QED) is 0.797. The Bertz CT molecular complexity index is 574. The van der Waals surface area contributed by atoms with Gasteiger partial charge in [0.25, 0.3) is 0 Å². The third-order valence-electron chi connectivity index (χ3n) is 5.30. The first-order valence-corrected chi connectivity index (χ1v) is 9.51. The van der Waals surface area contributed by atoms with Crippen LogP contribution in [-0.2, 0) is 6.54 Å². The van der Waals surface area contributed by atoms with Crippen molar-refractivity contribution in [2.45, 2.75) is 51.2 Å². The molecule has 0 aromatic heterocycles. The lowest BCUT2D eigenvalue weighted by Gasteiger charge is -2.31. The van der Waals surface area contributed by atoms with Crippen LogP contribution >= 0.6 is 0 Å². The summed E-state index contributed by atoms with van der Waals surface area (Å²) >= 11 is 0. The Kier molecular flexibility index (Phi) is 6.19. The SMILES string of the molecule is CN(CC1CCCCC1O)C(=O)NCc1ccccc1OCC1CC1. The van der Waals surface area contributed by atoms with Crippen LogP contribution < -0.4 is 10.1 Å². The van der Waals surface area contributed by atoms with E-state index in [2.05, 4.69) is 5.32 Å². The van der Waals surface area contributed by atoms with E-state index in [9.17, 15) is 9.90 Å². The first-order valence-electron chi connectivity index (χ1n) is 9.51. The molecule has 2 N–H and O–H groups in total. The summed E-state index contributed by atoms with van der Waals surface area (Å²) < 4.78 is 5.89. The number of carbonyl (C=O) groups is 1. The monoisotopic (exact) mass is 346 g/mol. The van der Waals surface area contributed by atoms with E-state index in [1.54, 1.807) is 11.9 Å². The Morgan fingerprint density at radius 1 is 1.24 bits per heavy atom. The molecule has 0 bridgehead atoms. The van der Waals surface area contributed by atoms with Crippen LogP contribution in [0.25, 0.3) is 0 Å². The molecule has 2 saturated carbocycles. The molecule has 0 spiro atoms. The van der Waals surface area contributed by atoms with Crippen molar-refractivity contribution >= 4 is 6.03 Å². The first-order chi connectivity index (χ1) is 12.1. The number of urea groups is 1. The van der Waals surface area contributed by atoms with Crippen LogP contribution in [0.4, 0.5) is 4.79 Å². The number of aliphatic hydroxyl groups is 1. The van der Waals surface area contributed by atoms with Crippen LogP contribution in [0.3, 0.4) is 0 Å². The maximum Gasteiger partial charge on any atom is 0.317 e. The van der Waals surface area contributed by atoms with Crippen molar-refractivity contribution in [3.63, 3.8) is 0 Å². The van der Waals surface area contributed by atoms with Crippen LogP contribution in [0.5, 0.6) is 5.75 Å². The summed E-state index contributed by atoms with van der Waals surface area (Å²) in [6.07, 6.45) is 6.32. The third-order valence-corrected chi connectivity index (χ3v) is 5.30. The first kappa shape index (κ1) is 18.1. The number of hydrogen-bond donors (Lipinski definition) is 2. The molecule has 0 saturated heterocycles. The number of hydrogen-bond acceptors (Lipinski definition) is 3. The molecule has 1 aromatic rings. The van der Waals surface area contributed by atoms with Crippen molar-refractivity contribution in [1.82, 2.24) is 10.2 Å². The van der Waals surface area contributed by atoms with Crippen LogP contribution in [0.15, 0.2) is 24.3 Å². The van der Waals surface area contributed by atoms with E-state index in [-0.39, 0.29) is 18.1 Å². The van der Waals surface area contributed by atoms with Gasteiger partial charge >= 0.3 is 6.03 Å². The van der Waals surface area contributed by atoms with Gasteiger partial charge in [0.2, 0.25) is 0 Å². The Labute approximate surface area is 150 Å². The molecule has 2 atom stereocenters. The van der Waals surface area contributed by atoms with Gasteiger partial charge in [0.15, 0.2) is 0 Å². The van der Waals surface area contributed by atoms with E-state index in [0.717, 1.165) is 43.6 Å². The van der Waals surface area contributed by atoms with Crippen LogP contribution in [0.2, 0.25) is 0 Å². The second kappa shape index (κ2) is 8.56. The molecule has 1 aromatic carbocycles. The van der Waals surface area contributed by atoms with Gasteiger partial charge in [0.05, 0.1) is 12.7 Å². The van der Waals surface area contributed by atoms with Gasteiger partial charge in [-0.25, -0.2) is 4.79 Å². The Balaban J connectivity index is 1.47. The minimum absolute atomic E-state index is 0.102. The van der Waals surface area contributed by atoms with Gasteiger partial charge in [0, 0.05) is 31.6 Å². The molecule has 25 heavy (non-hydrogen) atoms. The topological polar surface area (TPSA) is 61.8 Å². The fourth-order valence-electron chi connectivity index (χ4n) is 3.42. The van der Waals surface area contributed by atoms with E-state index in [1.807, 2.05) is 24.3 Å². The summed E-state index contributed by atoms with van der Waals surface area (Å²) in [5, 5.41) is 13.1. The third kappa shape index (κ3) is 5.36. The average molecular weight is 346 g/mol. The predicted octanol–water partition coefficient (Wildman–Crippen LogP) is 3.17. The van der Waals surface area contributed by atoms with Crippen LogP contribution in [-0.4, -0.2) is 42.3 Å². The standard InChI is InChI=1S/C20H30N2O3/c1-22(13-17-7-2-4-8-18(17)23)20(24)21-12-16-6-3-5-9-19(16)25-14-15-10-11-15/h3,5-6,9,15,17-18,23H,2,4,7-8,10-14H2,1H3,(H,21,24). The second-order valence-corrected chi connectivity index (χ2v) is 7.51. The number of benzene rings is 1. The van der Waals surface area contributed by atoms with Gasteiger partial charge in [0.1, 0.15) is 5.75 Å². The number of aliphatic hydroxyl groups excluding tert-OH is 1. The Morgan fingerprint density at radius 3 is 2.76 bits per heavy atom. The van der Waals surface area contributed by atoms with E-state index < -0.39 is 0 Å². The summed E-state index contributed by atoms with van der Waals surface area (Å²) in [5.41, 5.74) is 1.00. The van der Waals surface area contributed by atoms with Gasteiger partial charge in [-0.2, -0.15) is 0 Å². The van der Waals surface area contributed by atoms with Crippen molar-refractivity contribution in [2.75, 3.05) is 20.2 Å². The normalized spacial score (nSPS) is 23.1. The largest absolute Gasteiger partial charge is 0.493 e. The molecule has 2 aliphatic rings. The lowest BCUT2D eigenvalue weighted by atomic mass is 9.86. The molecule has 5 heteroatoms. The summed E-state index contributed by atoms with van der Waals surface area (Å²) in [6.45, 7) is 1.83. The maximum atomic E-state index is 12.4. The highest BCUT2D eigenvalue weighted by atomic mass is 16.5. The van der Waals surface area contributed by atoms with Crippen molar-refractivity contribution in [3.8, 4) is 5.75 Å². The summed E-state index contributed by atoms with van der Waals surface area (Å²) in [7, 11) is 1.80. The number of amides is 2. The fourth-order valence-corrected chi connectivity index (χ4v) is 3.42. The maximum absolute atomic E-state index is 12.4. The molecule has 2 aliphatic carbocycles. The molecule has 2 amide bonds. The molecule has 138 valence electrons. The zero-order valence-electron chi connectivity index (χ0n) is 15.1. The number of nitrogens with zero attached hydrogens (tertiary/aromatic N) is 1. The Morgan fingerprint density at radius 2 is 2.00 bits per heavy atom. The van der Waals surface area contributed by atoms with Gasteiger partial charge in [-0.05, 0) is 37.7 Å². The van der Waals surface area contributed by atoms with Gasteiger partial charge in [-0.3, -0.25) is 0 Å². The smallest absolute Gasteiger partial charge is 0.317 e. The van der Waals surface area contributed by atoms with E-state index in [0.29, 0.717) is 19.0 Å². The molecule has 0 aliphatic heterocycles. The van der Waals surface area contributed by atoms with Gasteiger partial charge < -0.3 is 20.1 Å². The highest BCUT2D eigenvalue weighted by Crippen LogP contribution is 2.30. The number of rotatable bonds is 7. The van der Waals surface area contributed by atoms with Crippen LogP contribution in [0, 0.1) is 11.8 Å². The lowest BCUT2D eigenvalue weighted by Crippen LogP contribution is -2.42. The molecule has 0 radical (unpaired) electrons. The molecule has 3 rings (SSSR count). The predicted molar refractivity (Wildman–Crippen MR) is 97.5 cm³/mol. The van der Waals surface area contributed by atoms with Crippen molar-refractivity contribution in [2.24, 2.45) is 11.8 Å². The zero-order valence-corrected chi connectivity index (χ0v) is 15.1. The highest BCUT2D eigenvalue weighted by molar-refractivity contribution is 5.73. The van der Waals surface area contributed by atoms with Gasteiger partial charge in [-0.1, -0.05) is 31.0 Å². The minimum Gasteiger partial charge on any atom is -0.493 e. The molecule has 5 nitrogen and oxygen atoms in total. The van der Waals surface area contributed by atoms with Crippen LogP contribution in [0.1, 0.15) is 44.1 Å². The van der Waals surface area contributed by atoms with E-state index >= 15 is 0 Å². The fraction of sp³-hybridized carbons (Fsp3) is 0.650. The van der Waals surface area contributed by atoms with Crippen molar-refractivity contribution in [3.05, 3.63) is 29.8 Å². The minimum atomic E-state index is -0.277. The number of carbonyl (C=O) groups excluding carboxylic acids is 1. The van der Waals surface area contributed by atoms with Gasteiger partial charge in [-0.15, -0.1) is 0 Å². The van der Waals surface area contributed by atoms with E-state index in [1.165, 1.54) is 12.8 Å². The summed E-state index contributed by atoms with van der Waals surface area (Å²) in [6, 6.07) is 7.78. The average Bonchev–Trinajstić information content (AvgIpc) is 3.45. The highest BCUT2D eigenvalue weighted by Gasteiger charge is 2.26. The lowest BCUT2D eigenvalue weighted by molar-refractivity contribution is 0.0565. The summed E-state index contributed by atoms with van der Waals surface area (Å²) in [5.74, 6) is 1.76. The summed E-state index contributed by atoms with van der Waals surface area (Å²) in [4.78, 5) is 14.1. The van der Waals surface area contributed by atoms with Crippen molar-refractivity contribution < 1.29 is 14.6 Å². The molecule has 2 unspecified atom stereocenters. The number of ether oxygens (including phenoxy) is 1. The molecule has 2 fully saturated rings. The molecular weight excluding hydrogens is 316 g/mol. The second-order valence-electron chi connectivity index (χ2n) is 7.51. The Hall–Kier alpha value is -1.75.